The van der Waals surface area contributed by atoms with Crippen LogP contribution >= 0.6 is 11.5 Å². The van der Waals surface area contributed by atoms with Gasteiger partial charge in [-0.15, -0.1) is 5.10 Å². The zero-order valence-electron chi connectivity index (χ0n) is 7.73. The van der Waals surface area contributed by atoms with E-state index in [2.05, 4.69) is 26.7 Å². The molecule has 2 heterocycles. The normalized spacial score (nSPS) is 23.6. The Kier molecular flexibility index (Phi) is 2.75. The van der Waals surface area contributed by atoms with Gasteiger partial charge in [0.1, 0.15) is 5.00 Å². The first-order chi connectivity index (χ1) is 6.38. The highest BCUT2D eigenvalue weighted by Crippen LogP contribution is 2.16. The minimum atomic E-state index is 0.585. The van der Waals surface area contributed by atoms with E-state index in [-0.39, 0.29) is 0 Å². The highest BCUT2D eigenvalue weighted by atomic mass is 32.1. The fourth-order valence-electron chi connectivity index (χ4n) is 1.67. The Morgan fingerprint density at radius 3 is 3.31 bits per heavy atom. The van der Waals surface area contributed by atoms with E-state index in [4.69, 9.17) is 0 Å². The minimum absolute atomic E-state index is 0.585. The molecule has 13 heavy (non-hydrogen) atoms. The fraction of sp³-hybridized carbons (Fsp3) is 0.750. The predicted octanol–water partition coefficient (Wildman–Crippen LogP) is 1.04. The van der Waals surface area contributed by atoms with Gasteiger partial charge in [0, 0.05) is 30.7 Å². The number of nitrogens with zero attached hydrogens (tertiary/aromatic N) is 3. The summed E-state index contributed by atoms with van der Waals surface area (Å²) in [5, 5.41) is 8.32. The Morgan fingerprint density at radius 2 is 2.69 bits per heavy atom. The molecule has 2 rings (SSSR count). The lowest BCUT2D eigenvalue weighted by Gasteiger charge is -2.13. The lowest BCUT2D eigenvalue weighted by Crippen LogP contribution is -2.25. The van der Waals surface area contributed by atoms with Crippen LogP contribution < -0.4 is 5.32 Å². The van der Waals surface area contributed by atoms with Gasteiger partial charge in [-0.25, -0.2) is 0 Å². The highest BCUT2D eigenvalue weighted by molar-refractivity contribution is 7.09. The SMILES string of the molecule is CCN1CCC(Nc2cnns2)C1. The molecule has 0 spiro atoms. The molecule has 1 unspecified atom stereocenters. The van der Waals surface area contributed by atoms with Crippen molar-refractivity contribution in [2.24, 2.45) is 0 Å². The third-order valence-corrected chi connectivity index (χ3v) is 3.02. The molecule has 1 N–H and O–H groups in total. The zero-order valence-corrected chi connectivity index (χ0v) is 8.55. The summed E-state index contributed by atoms with van der Waals surface area (Å²) in [6.45, 7) is 5.71. The maximum absolute atomic E-state index is 3.82. The lowest BCUT2D eigenvalue weighted by molar-refractivity contribution is 0.356. The molecule has 1 aromatic rings. The molecule has 5 heteroatoms. The summed E-state index contributed by atoms with van der Waals surface area (Å²) in [5.74, 6) is 0. The first kappa shape index (κ1) is 8.90. The summed E-state index contributed by atoms with van der Waals surface area (Å²) < 4.78 is 3.82. The van der Waals surface area contributed by atoms with Crippen LogP contribution in [0.15, 0.2) is 6.20 Å². The second-order valence-electron chi connectivity index (χ2n) is 3.30. The molecule has 1 aromatic heterocycles. The van der Waals surface area contributed by atoms with Crippen LogP contribution in [0.5, 0.6) is 0 Å². The van der Waals surface area contributed by atoms with Crippen molar-refractivity contribution in [1.82, 2.24) is 14.5 Å². The van der Waals surface area contributed by atoms with Crippen molar-refractivity contribution < 1.29 is 0 Å². The number of likely N-dealkylation sites (N-methyl/N-ethyl adjacent to an activating group) is 1. The summed E-state index contributed by atoms with van der Waals surface area (Å²) in [6, 6.07) is 0.585. The topological polar surface area (TPSA) is 41.0 Å². The van der Waals surface area contributed by atoms with Crippen LogP contribution in [0.3, 0.4) is 0 Å². The molecule has 0 saturated carbocycles. The van der Waals surface area contributed by atoms with Crippen LogP contribution in [0.1, 0.15) is 13.3 Å². The molecular formula is C8H14N4S. The average Bonchev–Trinajstić information content (AvgIpc) is 2.76. The number of anilines is 1. The molecule has 1 aliphatic heterocycles. The number of hydrogen-bond acceptors (Lipinski definition) is 5. The number of hydrogen-bond donors (Lipinski definition) is 1. The smallest absolute Gasteiger partial charge is 0.130 e. The highest BCUT2D eigenvalue weighted by Gasteiger charge is 2.20. The maximum atomic E-state index is 3.82. The molecule has 0 bridgehead atoms. The van der Waals surface area contributed by atoms with Gasteiger partial charge >= 0.3 is 0 Å². The second-order valence-corrected chi connectivity index (χ2v) is 4.09. The Balaban J connectivity index is 1.84. The Hall–Kier alpha value is -0.680. The van der Waals surface area contributed by atoms with E-state index in [1.807, 2.05) is 0 Å². The second kappa shape index (κ2) is 4.02. The van der Waals surface area contributed by atoms with E-state index < -0.39 is 0 Å². The van der Waals surface area contributed by atoms with Crippen molar-refractivity contribution in [1.29, 1.82) is 0 Å². The Labute approximate surface area is 82.1 Å². The number of aromatic nitrogens is 2. The first-order valence-corrected chi connectivity index (χ1v) is 5.42. The monoisotopic (exact) mass is 198 g/mol. The number of nitrogens with one attached hydrogen (secondary N) is 1. The van der Waals surface area contributed by atoms with Crippen LogP contribution in [0, 0.1) is 0 Å². The predicted molar refractivity (Wildman–Crippen MR) is 54.1 cm³/mol. The van der Waals surface area contributed by atoms with Crippen molar-refractivity contribution >= 4 is 16.5 Å². The van der Waals surface area contributed by atoms with E-state index in [0.717, 1.165) is 18.1 Å². The quantitative estimate of drug-likeness (QED) is 0.788. The maximum Gasteiger partial charge on any atom is 0.130 e. The third-order valence-electron chi connectivity index (χ3n) is 2.43. The van der Waals surface area contributed by atoms with Gasteiger partial charge in [0.05, 0.1) is 6.20 Å². The van der Waals surface area contributed by atoms with Crippen LogP contribution in [0.2, 0.25) is 0 Å². The standard InChI is InChI=1S/C8H14N4S/c1-2-12-4-3-7(6-12)10-8-5-9-11-13-8/h5,7,10H,2-4,6H2,1H3. The van der Waals surface area contributed by atoms with E-state index in [1.165, 1.54) is 24.5 Å². The Morgan fingerprint density at radius 1 is 1.77 bits per heavy atom. The van der Waals surface area contributed by atoms with Crippen molar-refractivity contribution in [3.8, 4) is 0 Å². The van der Waals surface area contributed by atoms with Gasteiger partial charge in [-0.3, -0.25) is 0 Å². The van der Waals surface area contributed by atoms with Crippen LogP contribution in [0.25, 0.3) is 0 Å². The van der Waals surface area contributed by atoms with Gasteiger partial charge in [0.2, 0.25) is 0 Å². The van der Waals surface area contributed by atoms with E-state index in [1.54, 1.807) is 6.20 Å². The summed E-state index contributed by atoms with van der Waals surface area (Å²) in [5.41, 5.74) is 0. The minimum Gasteiger partial charge on any atom is -0.370 e. The Bertz CT molecular complexity index is 249. The molecule has 0 amide bonds. The van der Waals surface area contributed by atoms with Gasteiger partial charge in [-0.2, -0.15) is 0 Å². The molecular weight excluding hydrogens is 184 g/mol. The largest absolute Gasteiger partial charge is 0.370 e. The zero-order chi connectivity index (χ0) is 9.10. The van der Waals surface area contributed by atoms with Crippen LogP contribution in [-0.4, -0.2) is 40.2 Å². The molecule has 1 saturated heterocycles. The van der Waals surface area contributed by atoms with E-state index in [0.29, 0.717) is 6.04 Å². The summed E-state index contributed by atoms with van der Waals surface area (Å²) in [7, 11) is 0. The van der Waals surface area contributed by atoms with Crippen molar-refractivity contribution in [2.45, 2.75) is 19.4 Å². The number of likely N-dealkylation sites (tertiary alicyclic amines) is 1. The van der Waals surface area contributed by atoms with Crippen LogP contribution in [0.4, 0.5) is 5.00 Å². The van der Waals surface area contributed by atoms with Gasteiger partial charge in [-0.1, -0.05) is 11.4 Å². The summed E-state index contributed by atoms with van der Waals surface area (Å²) >= 11 is 1.43. The van der Waals surface area contributed by atoms with Gasteiger partial charge in [-0.05, 0) is 13.0 Å². The van der Waals surface area contributed by atoms with E-state index in [9.17, 15) is 0 Å². The molecule has 1 aliphatic rings. The van der Waals surface area contributed by atoms with Crippen molar-refractivity contribution in [2.75, 3.05) is 25.0 Å². The molecule has 0 aromatic carbocycles. The molecule has 4 nitrogen and oxygen atoms in total. The van der Waals surface area contributed by atoms with Crippen molar-refractivity contribution in [3.05, 3.63) is 6.20 Å². The van der Waals surface area contributed by atoms with Gasteiger partial charge in [0.25, 0.3) is 0 Å². The average molecular weight is 198 g/mol. The first-order valence-electron chi connectivity index (χ1n) is 4.64. The van der Waals surface area contributed by atoms with Crippen molar-refractivity contribution in [3.63, 3.8) is 0 Å². The fourth-order valence-corrected chi connectivity index (χ4v) is 2.17. The third kappa shape index (κ3) is 2.16. The van der Waals surface area contributed by atoms with Crippen LogP contribution in [-0.2, 0) is 0 Å². The molecule has 0 aliphatic carbocycles. The summed E-state index contributed by atoms with van der Waals surface area (Å²) in [6.07, 6.45) is 3.02. The molecule has 0 radical (unpaired) electrons. The number of rotatable bonds is 3. The molecule has 72 valence electrons. The lowest BCUT2D eigenvalue weighted by atomic mass is 10.3. The summed E-state index contributed by atoms with van der Waals surface area (Å²) in [4.78, 5) is 2.45. The van der Waals surface area contributed by atoms with E-state index >= 15 is 0 Å². The molecule has 1 atom stereocenters. The van der Waals surface area contributed by atoms with Gasteiger partial charge in [0.15, 0.2) is 0 Å². The van der Waals surface area contributed by atoms with Gasteiger partial charge < -0.3 is 10.2 Å². The molecule has 1 fully saturated rings.